The predicted molar refractivity (Wildman–Crippen MR) is 99.1 cm³/mol. The van der Waals surface area contributed by atoms with Gasteiger partial charge in [-0.1, -0.05) is 66.2 Å². The Hall–Kier alpha value is -2.20. The molecule has 0 N–H and O–H groups in total. The number of carbonyl (C=O) groups excluding carboxylic acids is 1. The zero-order chi connectivity index (χ0) is 17.7. The van der Waals surface area contributed by atoms with Crippen LogP contribution in [0.4, 0.5) is 0 Å². The average Bonchev–Trinajstić information content (AvgIpc) is 2.68. The second-order valence-electron chi connectivity index (χ2n) is 5.82. The molecule has 0 bridgehead atoms. The van der Waals surface area contributed by atoms with E-state index < -0.39 is 11.7 Å². The molecule has 1 aliphatic rings. The van der Waals surface area contributed by atoms with Crippen LogP contribution in [0.5, 0.6) is 0 Å². The maximum Gasteiger partial charge on any atom is 0.201 e. The maximum atomic E-state index is 11.7. The molecule has 0 fully saturated rings. The first-order chi connectivity index (χ1) is 12.2. The van der Waals surface area contributed by atoms with E-state index in [1.807, 2.05) is 60.7 Å². The fraction of sp³-hybridized carbons (Fsp3) is 0.190. The molecular formula is C21H19ClO3. The van der Waals surface area contributed by atoms with Crippen LogP contribution in [0.25, 0.3) is 5.57 Å². The predicted octanol–water partition coefficient (Wildman–Crippen LogP) is 4.67. The lowest BCUT2D eigenvalue weighted by molar-refractivity contribution is -0.213. The Balaban J connectivity index is 1.81. The van der Waals surface area contributed by atoms with Crippen molar-refractivity contribution in [2.24, 2.45) is 5.92 Å². The Bertz CT molecular complexity index is 781. The molecule has 4 heteroatoms. The normalized spacial score (nSPS) is 22.5. The molecule has 2 aromatic carbocycles. The van der Waals surface area contributed by atoms with E-state index in [1.54, 1.807) is 19.2 Å². The Morgan fingerprint density at radius 1 is 1.12 bits per heavy atom. The van der Waals surface area contributed by atoms with Crippen molar-refractivity contribution in [2.75, 3.05) is 7.11 Å². The van der Waals surface area contributed by atoms with E-state index in [0.717, 1.165) is 23.0 Å². The molecule has 0 saturated heterocycles. The highest BCUT2D eigenvalue weighted by Gasteiger charge is 2.39. The molecule has 2 atom stereocenters. The van der Waals surface area contributed by atoms with Crippen molar-refractivity contribution < 1.29 is 14.3 Å². The summed E-state index contributed by atoms with van der Waals surface area (Å²) in [5.41, 5.74) is 2.98. The van der Waals surface area contributed by atoms with Gasteiger partial charge in [0.05, 0.1) is 12.5 Å². The smallest absolute Gasteiger partial charge is 0.201 e. The third-order valence-corrected chi connectivity index (χ3v) is 4.52. The van der Waals surface area contributed by atoms with E-state index in [1.165, 1.54) is 0 Å². The van der Waals surface area contributed by atoms with Crippen LogP contribution in [0, 0.1) is 5.92 Å². The monoisotopic (exact) mass is 354 g/mol. The molecular weight excluding hydrogens is 336 g/mol. The molecule has 0 amide bonds. The largest absolute Gasteiger partial charge is 0.349 e. The number of hydrogen-bond donors (Lipinski definition) is 0. The Morgan fingerprint density at radius 2 is 1.84 bits per heavy atom. The van der Waals surface area contributed by atoms with Crippen molar-refractivity contribution in [3.8, 4) is 0 Å². The molecule has 25 heavy (non-hydrogen) atoms. The number of ether oxygens (including phenoxy) is 2. The topological polar surface area (TPSA) is 35.5 Å². The van der Waals surface area contributed by atoms with Gasteiger partial charge in [-0.15, -0.1) is 0 Å². The van der Waals surface area contributed by atoms with Crippen LogP contribution < -0.4 is 0 Å². The number of hydrogen-bond acceptors (Lipinski definition) is 3. The van der Waals surface area contributed by atoms with Crippen molar-refractivity contribution in [2.45, 2.75) is 12.4 Å². The van der Waals surface area contributed by atoms with Crippen molar-refractivity contribution in [1.82, 2.24) is 0 Å². The molecule has 128 valence electrons. The van der Waals surface area contributed by atoms with E-state index in [2.05, 4.69) is 0 Å². The zero-order valence-corrected chi connectivity index (χ0v) is 14.6. The number of halogens is 1. The molecule has 0 aromatic heterocycles. The Kier molecular flexibility index (Phi) is 5.49. The number of aldehydes is 1. The summed E-state index contributed by atoms with van der Waals surface area (Å²) in [4.78, 5) is 11.7. The van der Waals surface area contributed by atoms with Gasteiger partial charge < -0.3 is 14.3 Å². The summed E-state index contributed by atoms with van der Waals surface area (Å²) in [6.07, 6.45) is 6.48. The summed E-state index contributed by atoms with van der Waals surface area (Å²) in [6.45, 7) is 0.314. The summed E-state index contributed by atoms with van der Waals surface area (Å²) in [5.74, 6) is -1.65. The van der Waals surface area contributed by atoms with Crippen molar-refractivity contribution in [1.29, 1.82) is 0 Å². The molecule has 1 aliphatic carbocycles. The first-order valence-electron chi connectivity index (χ1n) is 8.02. The number of carbonyl (C=O) groups is 1. The molecule has 0 spiro atoms. The summed E-state index contributed by atoms with van der Waals surface area (Å²) in [7, 11) is 1.55. The standard InChI is InChI=1S/C21H19ClO3/c1-24-21(25-15-16-7-9-20(22)10-8-16)12-11-18(13-19(21)14-23)17-5-3-2-4-6-17/h2-14,19H,15H2,1H3. The Morgan fingerprint density at radius 3 is 2.48 bits per heavy atom. The molecule has 0 radical (unpaired) electrons. The van der Waals surface area contributed by atoms with E-state index in [9.17, 15) is 4.79 Å². The molecule has 0 saturated carbocycles. The second kappa shape index (κ2) is 7.79. The molecule has 3 nitrogen and oxygen atoms in total. The number of methoxy groups -OCH3 is 1. The van der Waals surface area contributed by atoms with E-state index in [-0.39, 0.29) is 0 Å². The summed E-state index contributed by atoms with van der Waals surface area (Å²) in [5, 5.41) is 0.670. The van der Waals surface area contributed by atoms with Crippen LogP contribution >= 0.6 is 11.6 Å². The summed E-state index contributed by atoms with van der Waals surface area (Å²) < 4.78 is 11.6. The van der Waals surface area contributed by atoms with Gasteiger partial charge in [0.2, 0.25) is 5.79 Å². The van der Waals surface area contributed by atoms with Crippen LogP contribution in [0.15, 0.2) is 72.8 Å². The van der Waals surface area contributed by atoms with Crippen molar-refractivity contribution in [3.05, 3.63) is 89.0 Å². The Labute approximate surface area is 152 Å². The minimum absolute atomic E-state index is 0.314. The van der Waals surface area contributed by atoms with E-state index in [4.69, 9.17) is 21.1 Å². The van der Waals surface area contributed by atoms with Crippen LogP contribution in [0.1, 0.15) is 11.1 Å². The average molecular weight is 355 g/mol. The van der Waals surface area contributed by atoms with Crippen LogP contribution in [0.3, 0.4) is 0 Å². The highest BCUT2D eigenvalue weighted by Crippen LogP contribution is 2.34. The maximum absolute atomic E-state index is 11.7. The number of benzene rings is 2. The van der Waals surface area contributed by atoms with E-state index in [0.29, 0.717) is 11.6 Å². The van der Waals surface area contributed by atoms with Crippen molar-refractivity contribution >= 4 is 23.5 Å². The van der Waals surface area contributed by atoms with Crippen LogP contribution in [-0.2, 0) is 20.9 Å². The van der Waals surface area contributed by atoms with Crippen LogP contribution in [0.2, 0.25) is 5.02 Å². The highest BCUT2D eigenvalue weighted by atomic mass is 35.5. The molecule has 3 rings (SSSR count). The van der Waals surface area contributed by atoms with Crippen LogP contribution in [-0.4, -0.2) is 19.2 Å². The number of rotatable bonds is 6. The van der Waals surface area contributed by atoms with E-state index >= 15 is 0 Å². The minimum Gasteiger partial charge on any atom is -0.349 e. The third-order valence-electron chi connectivity index (χ3n) is 4.27. The summed E-state index contributed by atoms with van der Waals surface area (Å²) >= 11 is 5.90. The van der Waals surface area contributed by atoms with Crippen molar-refractivity contribution in [3.63, 3.8) is 0 Å². The fourth-order valence-electron chi connectivity index (χ4n) is 2.82. The first kappa shape index (κ1) is 17.6. The van der Waals surface area contributed by atoms with Gasteiger partial charge in [0, 0.05) is 12.1 Å². The highest BCUT2D eigenvalue weighted by molar-refractivity contribution is 6.30. The quantitative estimate of drug-likeness (QED) is 0.558. The molecule has 2 unspecified atom stereocenters. The fourth-order valence-corrected chi connectivity index (χ4v) is 2.95. The molecule has 2 aromatic rings. The first-order valence-corrected chi connectivity index (χ1v) is 8.40. The minimum atomic E-state index is -1.11. The second-order valence-corrected chi connectivity index (χ2v) is 6.26. The number of allylic oxidation sites excluding steroid dienone is 2. The molecule has 0 aliphatic heterocycles. The van der Waals surface area contributed by atoms with Gasteiger partial charge in [-0.3, -0.25) is 0 Å². The lowest BCUT2D eigenvalue weighted by Gasteiger charge is -2.35. The SMILES string of the molecule is COC1(OCc2ccc(Cl)cc2)C=CC(c2ccccc2)=CC1C=O. The van der Waals surface area contributed by atoms with Gasteiger partial charge in [0.15, 0.2) is 0 Å². The lowest BCUT2D eigenvalue weighted by atomic mass is 9.88. The zero-order valence-electron chi connectivity index (χ0n) is 13.9. The van der Waals surface area contributed by atoms with Gasteiger partial charge in [-0.2, -0.15) is 0 Å². The molecule has 0 heterocycles. The van der Waals surface area contributed by atoms with Gasteiger partial charge >= 0.3 is 0 Å². The third kappa shape index (κ3) is 3.90. The lowest BCUT2D eigenvalue weighted by Crippen LogP contribution is -2.42. The summed E-state index contributed by atoms with van der Waals surface area (Å²) in [6, 6.07) is 17.3. The van der Waals surface area contributed by atoms with Gasteiger partial charge in [0.25, 0.3) is 0 Å². The van der Waals surface area contributed by atoms with Gasteiger partial charge in [-0.05, 0) is 34.9 Å². The van der Waals surface area contributed by atoms with Gasteiger partial charge in [-0.25, -0.2) is 0 Å². The van der Waals surface area contributed by atoms with Gasteiger partial charge in [0.1, 0.15) is 6.29 Å².